The van der Waals surface area contributed by atoms with Gasteiger partial charge < -0.3 is 15.0 Å². The van der Waals surface area contributed by atoms with Crippen LogP contribution in [0, 0.1) is 0 Å². The molecule has 1 aromatic carbocycles. The van der Waals surface area contributed by atoms with Gasteiger partial charge in [-0.05, 0) is 45.7 Å². The first-order chi connectivity index (χ1) is 10.3. The number of carbonyl (C=O) groups excluding carboxylic acids is 1. The Labute approximate surface area is 131 Å². The average Bonchev–Trinajstić information content (AvgIpc) is 2.88. The van der Waals surface area contributed by atoms with Crippen molar-refractivity contribution in [3.8, 4) is 0 Å². The second kappa shape index (κ2) is 5.13. The fourth-order valence-corrected chi connectivity index (χ4v) is 3.48. The molecule has 0 spiro atoms. The number of aromatic nitrogens is 1. The molecule has 0 bridgehead atoms. The molecule has 3 rings (SSSR count). The van der Waals surface area contributed by atoms with Gasteiger partial charge in [-0.2, -0.15) is 0 Å². The topological polar surface area (TPSA) is 54.1 Å². The maximum absolute atomic E-state index is 12.4. The van der Waals surface area contributed by atoms with Crippen LogP contribution < -0.4 is 5.32 Å². The zero-order chi connectivity index (χ0) is 16.0. The molecule has 2 aromatic rings. The third-order valence-corrected chi connectivity index (χ3v) is 4.44. The van der Waals surface area contributed by atoms with Crippen molar-refractivity contribution in [3.05, 3.63) is 36.0 Å². The van der Waals surface area contributed by atoms with Gasteiger partial charge in [-0.1, -0.05) is 18.2 Å². The Morgan fingerprint density at radius 3 is 2.73 bits per heavy atom. The Kier molecular flexibility index (Phi) is 3.52. The summed E-state index contributed by atoms with van der Waals surface area (Å²) in [5.41, 5.74) is 1.57. The molecule has 4 heteroatoms. The van der Waals surface area contributed by atoms with E-state index in [9.17, 15) is 4.79 Å². The van der Waals surface area contributed by atoms with Crippen molar-refractivity contribution >= 4 is 16.8 Å². The van der Waals surface area contributed by atoms with Crippen molar-refractivity contribution in [1.82, 2.24) is 10.3 Å². The molecule has 118 valence electrons. The summed E-state index contributed by atoms with van der Waals surface area (Å²) in [4.78, 5) is 15.6. The Balaban J connectivity index is 1.71. The molecule has 22 heavy (non-hydrogen) atoms. The van der Waals surface area contributed by atoms with Gasteiger partial charge in [0.15, 0.2) is 0 Å². The monoisotopic (exact) mass is 300 g/mol. The quantitative estimate of drug-likeness (QED) is 0.914. The molecule has 1 saturated heterocycles. The van der Waals surface area contributed by atoms with E-state index in [1.54, 1.807) is 0 Å². The summed E-state index contributed by atoms with van der Waals surface area (Å²) in [6, 6.07) is 8.09. The van der Waals surface area contributed by atoms with Crippen LogP contribution in [0.3, 0.4) is 0 Å². The minimum atomic E-state index is -0.334. The third-order valence-electron chi connectivity index (χ3n) is 4.44. The van der Waals surface area contributed by atoms with Gasteiger partial charge >= 0.3 is 0 Å². The Morgan fingerprint density at radius 2 is 2.05 bits per heavy atom. The Hall–Kier alpha value is -1.81. The number of hydrogen-bond acceptors (Lipinski definition) is 2. The van der Waals surface area contributed by atoms with Crippen molar-refractivity contribution in [2.45, 2.75) is 57.8 Å². The maximum atomic E-state index is 12.4. The zero-order valence-corrected chi connectivity index (χ0v) is 13.7. The number of carbonyl (C=O) groups is 1. The van der Waals surface area contributed by atoms with Crippen molar-refractivity contribution in [2.75, 3.05) is 0 Å². The SMILES string of the molecule is CC1(C)CC(NC(=O)Cc2c[nH]c3ccccc23)C(C)(C)O1. The van der Waals surface area contributed by atoms with Crippen LogP contribution in [0.4, 0.5) is 0 Å². The normalized spacial score (nSPS) is 22.8. The predicted octanol–water partition coefficient (Wildman–Crippen LogP) is 3.17. The Bertz CT molecular complexity index is 700. The van der Waals surface area contributed by atoms with Crippen LogP contribution in [0.25, 0.3) is 10.9 Å². The van der Waals surface area contributed by atoms with Crippen molar-refractivity contribution in [3.63, 3.8) is 0 Å². The summed E-state index contributed by atoms with van der Waals surface area (Å²) in [7, 11) is 0. The highest BCUT2D eigenvalue weighted by atomic mass is 16.5. The first-order valence-corrected chi connectivity index (χ1v) is 7.81. The molecule has 1 fully saturated rings. The molecule has 0 saturated carbocycles. The van der Waals surface area contributed by atoms with Gasteiger partial charge in [-0.15, -0.1) is 0 Å². The summed E-state index contributed by atoms with van der Waals surface area (Å²) >= 11 is 0. The summed E-state index contributed by atoms with van der Waals surface area (Å²) in [5.74, 6) is 0.0455. The van der Waals surface area contributed by atoms with E-state index in [1.807, 2.05) is 44.3 Å². The number of H-pyrrole nitrogens is 1. The molecule has 1 aliphatic rings. The number of nitrogens with one attached hydrogen (secondary N) is 2. The van der Waals surface area contributed by atoms with Crippen LogP contribution in [-0.2, 0) is 16.0 Å². The van der Waals surface area contributed by atoms with Crippen molar-refractivity contribution < 1.29 is 9.53 Å². The van der Waals surface area contributed by atoms with Gasteiger partial charge in [0.05, 0.1) is 23.7 Å². The highest BCUT2D eigenvalue weighted by Crippen LogP contribution is 2.37. The van der Waals surface area contributed by atoms with Gasteiger partial charge in [-0.3, -0.25) is 4.79 Å². The first-order valence-electron chi connectivity index (χ1n) is 7.81. The van der Waals surface area contributed by atoms with Crippen molar-refractivity contribution in [2.24, 2.45) is 0 Å². The number of fused-ring (bicyclic) bond motifs is 1. The van der Waals surface area contributed by atoms with Gasteiger partial charge in [0.25, 0.3) is 0 Å². The van der Waals surface area contributed by atoms with E-state index in [4.69, 9.17) is 4.74 Å². The fourth-order valence-electron chi connectivity index (χ4n) is 3.48. The van der Waals surface area contributed by atoms with Crippen LogP contribution in [-0.4, -0.2) is 28.1 Å². The van der Waals surface area contributed by atoms with Crippen molar-refractivity contribution in [1.29, 1.82) is 0 Å². The lowest BCUT2D eigenvalue weighted by Crippen LogP contribution is -2.46. The molecule has 1 aromatic heterocycles. The highest BCUT2D eigenvalue weighted by molar-refractivity contribution is 5.89. The minimum absolute atomic E-state index is 0.0419. The molecule has 1 unspecified atom stereocenters. The van der Waals surface area contributed by atoms with E-state index in [0.29, 0.717) is 6.42 Å². The van der Waals surface area contributed by atoms with E-state index >= 15 is 0 Å². The average molecular weight is 300 g/mol. The van der Waals surface area contributed by atoms with Crippen LogP contribution in [0.2, 0.25) is 0 Å². The molecular formula is C18H24N2O2. The molecule has 0 aliphatic carbocycles. The van der Waals surface area contributed by atoms with Gasteiger partial charge in [0.2, 0.25) is 5.91 Å². The zero-order valence-electron chi connectivity index (χ0n) is 13.7. The molecule has 1 atom stereocenters. The van der Waals surface area contributed by atoms with E-state index < -0.39 is 0 Å². The van der Waals surface area contributed by atoms with E-state index in [2.05, 4.69) is 24.1 Å². The molecule has 1 amide bonds. The lowest BCUT2D eigenvalue weighted by atomic mass is 9.94. The summed E-state index contributed by atoms with van der Waals surface area (Å²) in [5, 5.41) is 4.26. The standard InChI is InChI=1S/C18H24N2O2/c1-17(2)10-15(18(3,4)22-17)20-16(21)9-12-11-19-14-8-6-5-7-13(12)14/h5-8,11,15,19H,9-10H2,1-4H3,(H,20,21). The number of para-hydroxylation sites is 1. The molecule has 0 radical (unpaired) electrons. The van der Waals surface area contributed by atoms with Gasteiger partial charge in [-0.25, -0.2) is 0 Å². The number of amides is 1. The molecule has 1 aliphatic heterocycles. The second-order valence-electron chi connectivity index (χ2n) is 7.33. The van der Waals surface area contributed by atoms with Gasteiger partial charge in [0, 0.05) is 17.1 Å². The smallest absolute Gasteiger partial charge is 0.224 e. The first kappa shape index (κ1) is 15.1. The van der Waals surface area contributed by atoms with Gasteiger partial charge in [0.1, 0.15) is 0 Å². The van der Waals surface area contributed by atoms with E-state index in [1.165, 1.54) is 0 Å². The summed E-state index contributed by atoms with van der Waals surface area (Å²) in [6.07, 6.45) is 3.14. The second-order valence-corrected chi connectivity index (χ2v) is 7.33. The number of rotatable bonds is 3. The van der Waals surface area contributed by atoms with Crippen LogP contribution in [0.15, 0.2) is 30.5 Å². The minimum Gasteiger partial charge on any atom is -0.367 e. The van der Waals surface area contributed by atoms with E-state index in [0.717, 1.165) is 22.9 Å². The highest BCUT2D eigenvalue weighted by Gasteiger charge is 2.46. The third kappa shape index (κ3) is 2.88. The molecule has 2 heterocycles. The number of ether oxygens (including phenoxy) is 1. The lowest BCUT2D eigenvalue weighted by Gasteiger charge is -2.27. The predicted molar refractivity (Wildman–Crippen MR) is 87.8 cm³/mol. The molecule has 4 nitrogen and oxygen atoms in total. The maximum Gasteiger partial charge on any atom is 0.224 e. The number of hydrogen-bond donors (Lipinski definition) is 2. The summed E-state index contributed by atoms with van der Waals surface area (Å²) in [6.45, 7) is 8.22. The lowest BCUT2D eigenvalue weighted by molar-refractivity contribution is -0.123. The van der Waals surface area contributed by atoms with Crippen LogP contribution in [0.5, 0.6) is 0 Å². The Morgan fingerprint density at radius 1 is 1.32 bits per heavy atom. The number of aromatic amines is 1. The molecule has 2 N–H and O–H groups in total. The number of benzene rings is 1. The van der Waals surface area contributed by atoms with Crippen LogP contribution >= 0.6 is 0 Å². The fraction of sp³-hybridized carbons (Fsp3) is 0.500. The largest absolute Gasteiger partial charge is 0.367 e. The summed E-state index contributed by atoms with van der Waals surface area (Å²) < 4.78 is 6.03. The van der Waals surface area contributed by atoms with E-state index in [-0.39, 0.29) is 23.2 Å². The van der Waals surface area contributed by atoms with Crippen LogP contribution in [0.1, 0.15) is 39.7 Å². The molecular weight excluding hydrogens is 276 g/mol.